The lowest BCUT2D eigenvalue weighted by Gasteiger charge is -2.19. The number of hydrogen-bond acceptors (Lipinski definition) is 6. The van der Waals surface area contributed by atoms with Crippen molar-refractivity contribution in [2.45, 2.75) is 32.9 Å². The fraction of sp³-hybridized carbons (Fsp3) is 0.211. The molecule has 8 heteroatoms. The van der Waals surface area contributed by atoms with Crippen molar-refractivity contribution in [1.82, 2.24) is 4.57 Å². The summed E-state index contributed by atoms with van der Waals surface area (Å²) in [6.45, 7) is 5.30. The molecule has 5 aromatic rings. The Hall–Kier alpha value is -5.50. The van der Waals surface area contributed by atoms with Crippen molar-refractivity contribution in [1.29, 1.82) is 0 Å². The SMILES string of the molecule is CC/C(=C(/c1ccc(OCCn2cccc2)cc1)c1ccc(OC(C)c2cc(OC)c(OC)cc2[N+](=O)[O-])cc1)c1ccccc1. The molecule has 1 atom stereocenters. The molecule has 0 bridgehead atoms. The highest BCUT2D eigenvalue weighted by atomic mass is 16.6. The van der Waals surface area contributed by atoms with Gasteiger partial charge < -0.3 is 23.5 Å². The van der Waals surface area contributed by atoms with E-state index in [2.05, 4.69) is 47.9 Å². The predicted octanol–water partition coefficient (Wildman–Crippen LogP) is 9.00. The number of nitro groups is 1. The third-order valence-corrected chi connectivity index (χ3v) is 7.83. The molecule has 1 aromatic heterocycles. The molecule has 0 radical (unpaired) electrons. The average molecular weight is 619 g/mol. The van der Waals surface area contributed by atoms with Gasteiger partial charge in [-0.3, -0.25) is 10.1 Å². The topological polar surface area (TPSA) is 85.0 Å². The van der Waals surface area contributed by atoms with Crippen LogP contribution in [0, 0.1) is 10.1 Å². The zero-order valence-electron chi connectivity index (χ0n) is 26.5. The quantitative estimate of drug-likeness (QED) is 0.0702. The maximum atomic E-state index is 11.9. The number of hydrogen-bond donors (Lipinski definition) is 0. The van der Waals surface area contributed by atoms with Crippen LogP contribution in [0.2, 0.25) is 0 Å². The fourth-order valence-corrected chi connectivity index (χ4v) is 5.52. The van der Waals surface area contributed by atoms with Gasteiger partial charge in [0, 0.05) is 12.4 Å². The minimum atomic E-state index is -0.623. The van der Waals surface area contributed by atoms with Crippen LogP contribution in [0.1, 0.15) is 48.6 Å². The summed E-state index contributed by atoms with van der Waals surface area (Å²) in [7, 11) is 2.94. The molecule has 0 saturated carbocycles. The second kappa shape index (κ2) is 15.0. The van der Waals surface area contributed by atoms with Gasteiger partial charge in [-0.1, -0.05) is 61.5 Å². The highest BCUT2D eigenvalue weighted by Crippen LogP contribution is 2.40. The number of allylic oxidation sites excluding steroid dienone is 1. The van der Waals surface area contributed by atoms with Crippen LogP contribution in [0.4, 0.5) is 5.69 Å². The number of nitro benzene ring substituents is 1. The zero-order valence-corrected chi connectivity index (χ0v) is 26.5. The molecule has 1 unspecified atom stereocenters. The lowest BCUT2D eigenvalue weighted by molar-refractivity contribution is -0.386. The molecule has 46 heavy (non-hydrogen) atoms. The molecule has 0 aliphatic carbocycles. The van der Waals surface area contributed by atoms with Crippen molar-refractivity contribution in [3.05, 3.63) is 148 Å². The number of nitrogens with zero attached hydrogens (tertiary/aromatic N) is 2. The largest absolute Gasteiger partial charge is 0.493 e. The Morgan fingerprint density at radius 3 is 1.93 bits per heavy atom. The first-order valence-electron chi connectivity index (χ1n) is 15.2. The maximum absolute atomic E-state index is 11.9. The van der Waals surface area contributed by atoms with Crippen molar-refractivity contribution >= 4 is 16.8 Å². The normalized spacial score (nSPS) is 12.2. The predicted molar refractivity (Wildman–Crippen MR) is 181 cm³/mol. The van der Waals surface area contributed by atoms with Crippen molar-refractivity contribution in [2.24, 2.45) is 0 Å². The summed E-state index contributed by atoms with van der Waals surface area (Å²) in [5.41, 5.74) is 5.87. The van der Waals surface area contributed by atoms with Gasteiger partial charge in [0.15, 0.2) is 11.5 Å². The van der Waals surface area contributed by atoms with Gasteiger partial charge in [0.2, 0.25) is 0 Å². The van der Waals surface area contributed by atoms with E-state index in [4.69, 9.17) is 18.9 Å². The number of benzene rings is 4. The first kappa shape index (κ1) is 31.9. The molecule has 4 aromatic carbocycles. The third-order valence-electron chi connectivity index (χ3n) is 7.83. The van der Waals surface area contributed by atoms with Gasteiger partial charge in [-0.15, -0.1) is 0 Å². The molecule has 0 fully saturated rings. The Balaban J connectivity index is 1.43. The Labute approximate surface area is 269 Å². The molecule has 236 valence electrons. The second-order valence-electron chi connectivity index (χ2n) is 10.7. The van der Waals surface area contributed by atoms with Crippen molar-refractivity contribution < 1.29 is 23.9 Å². The van der Waals surface area contributed by atoms with Crippen LogP contribution in [0.25, 0.3) is 11.1 Å². The van der Waals surface area contributed by atoms with E-state index >= 15 is 0 Å². The van der Waals surface area contributed by atoms with Gasteiger partial charge in [-0.25, -0.2) is 0 Å². The smallest absolute Gasteiger partial charge is 0.280 e. The van der Waals surface area contributed by atoms with Gasteiger partial charge in [0.05, 0.1) is 37.3 Å². The summed E-state index contributed by atoms with van der Waals surface area (Å²) in [6, 6.07) is 33.4. The Bertz CT molecular complexity index is 1760. The summed E-state index contributed by atoms with van der Waals surface area (Å²) in [6.07, 6.45) is 4.25. The van der Waals surface area contributed by atoms with E-state index in [1.54, 1.807) is 13.0 Å². The van der Waals surface area contributed by atoms with Crippen LogP contribution in [-0.4, -0.2) is 30.3 Å². The molecular formula is C38H38N2O6. The van der Waals surface area contributed by atoms with E-state index in [9.17, 15) is 10.1 Å². The van der Waals surface area contributed by atoms with Crippen LogP contribution in [0.15, 0.2) is 116 Å². The maximum Gasteiger partial charge on any atom is 0.280 e. The zero-order chi connectivity index (χ0) is 32.5. The summed E-state index contributed by atoms with van der Waals surface area (Å²) < 4.78 is 25.0. The summed E-state index contributed by atoms with van der Waals surface area (Å²) >= 11 is 0. The molecule has 0 amide bonds. The van der Waals surface area contributed by atoms with Crippen LogP contribution in [0.3, 0.4) is 0 Å². The van der Waals surface area contributed by atoms with Crippen LogP contribution in [-0.2, 0) is 6.54 Å². The first-order chi connectivity index (χ1) is 22.4. The molecule has 8 nitrogen and oxygen atoms in total. The van der Waals surface area contributed by atoms with E-state index in [0.29, 0.717) is 23.7 Å². The summed E-state index contributed by atoms with van der Waals surface area (Å²) in [5, 5.41) is 11.9. The lowest BCUT2D eigenvalue weighted by atomic mass is 9.88. The van der Waals surface area contributed by atoms with Gasteiger partial charge in [-0.2, -0.15) is 0 Å². The standard InChI is InChI=1S/C38H38N2O6/c1-5-33(28-11-7-6-8-12-28)38(29-13-17-31(18-14-29)45-24-23-39-21-9-10-22-39)30-15-19-32(20-16-30)46-27(2)34-25-36(43-3)37(44-4)26-35(34)40(41)42/h6-22,25-27H,5,23-24H2,1-4H3/b38-33+. The van der Waals surface area contributed by atoms with Crippen LogP contribution >= 0.6 is 0 Å². The van der Waals surface area contributed by atoms with Crippen LogP contribution in [0.5, 0.6) is 23.0 Å². The van der Waals surface area contributed by atoms with E-state index in [0.717, 1.165) is 41.0 Å². The average Bonchev–Trinajstić information content (AvgIpc) is 3.61. The third kappa shape index (κ3) is 7.41. The lowest BCUT2D eigenvalue weighted by Crippen LogP contribution is -2.08. The number of rotatable bonds is 14. The van der Waals surface area contributed by atoms with E-state index in [-0.39, 0.29) is 11.4 Å². The number of ether oxygens (including phenoxy) is 4. The van der Waals surface area contributed by atoms with Gasteiger partial charge >= 0.3 is 0 Å². The Kier molecular flexibility index (Phi) is 10.4. The molecule has 0 aliphatic heterocycles. The minimum absolute atomic E-state index is 0.0976. The Morgan fingerprint density at radius 1 is 0.783 bits per heavy atom. The first-order valence-corrected chi connectivity index (χ1v) is 15.2. The summed E-state index contributed by atoms with van der Waals surface area (Å²) in [5.74, 6) is 2.09. The highest BCUT2D eigenvalue weighted by molar-refractivity contribution is 5.98. The molecule has 0 aliphatic rings. The van der Waals surface area contributed by atoms with Gasteiger partial charge in [-0.05, 0) is 83.6 Å². The van der Waals surface area contributed by atoms with Gasteiger partial charge in [0.1, 0.15) is 24.2 Å². The van der Waals surface area contributed by atoms with Crippen molar-refractivity contribution in [2.75, 3.05) is 20.8 Å². The van der Waals surface area contributed by atoms with Crippen molar-refractivity contribution in [3.63, 3.8) is 0 Å². The molecule has 5 rings (SSSR count). The van der Waals surface area contributed by atoms with E-state index < -0.39 is 11.0 Å². The Morgan fingerprint density at radius 2 is 1.37 bits per heavy atom. The molecule has 0 spiro atoms. The second-order valence-corrected chi connectivity index (χ2v) is 10.7. The number of aromatic nitrogens is 1. The number of methoxy groups -OCH3 is 2. The van der Waals surface area contributed by atoms with Gasteiger partial charge in [0.25, 0.3) is 5.69 Å². The fourth-order valence-electron chi connectivity index (χ4n) is 5.52. The van der Waals surface area contributed by atoms with Crippen molar-refractivity contribution in [3.8, 4) is 23.0 Å². The molecular weight excluding hydrogens is 580 g/mol. The molecule has 0 saturated heterocycles. The van der Waals surface area contributed by atoms with Crippen LogP contribution < -0.4 is 18.9 Å². The molecule has 1 heterocycles. The van der Waals surface area contributed by atoms with E-state index in [1.807, 2.05) is 67.0 Å². The van der Waals surface area contributed by atoms with E-state index in [1.165, 1.54) is 25.9 Å². The minimum Gasteiger partial charge on any atom is -0.493 e. The molecule has 0 N–H and O–H groups in total. The highest BCUT2D eigenvalue weighted by Gasteiger charge is 2.25. The monoisotopic (exact) mass is 618 g/mol. The summed E-state index contributed by atoms with van der Waals surface area (Å²) in [4.78, 5) is 11.4.